The van der Waals surface area contributed by atoms with Gasteiger partial charge in [-0.05, 0) is 25.1 Å². The summed E-state index contributed by atoms with van der Waals surface area (Å²) in [7, 11) is 0. The Morgan fingerprint density at radius 3 is 3.21 bits per heavy atom. The fraction of sp³-hybridized carbons (Fsp3) is 0.444. The maximum Gasteiger partial charge on any atom is 0.171 e. The highest BCUT2D eigenvalue weighted by Gasteiger charge is 2.17. The van der Waals surface area contributed by atoms with E-state index in [-0.39, 0.29) is 12.1 Å². The molecule has 0 radical (unpaired) electrons. The van der Waals surface area contributed by atoms with Gasteiger partial charge in [0.05, 0.1) is 0 Å². The van der Waals surface area contributed by atoms with Crippen LogP contribution >= 0.6 is 12.1 Å². The standard InChI is InChI=1S/C9H11FN2OS/c10-14-9-8(2-1-4-12-9)13-6-7-3-5-11-7/h1-2,4,7,11H,3,5-6H2. The van der Waals surface area contributed by atoms with Crippen LogP contribution in [0.4, 0.5) is 3.89 Å². The minimum Gasteiger partial charge on any atom is -0.489 e. The van der Waals surface area contributed by atoms with E-state index < -0.39 is 0 Å². The smallest absolute Gasteiger partial charge is 0.171 e. The van der Waals surface area contributed by atoms with Crippen LogP contribution in [0.5, 0.6) is 5.75 Å². The number of nitrogens with one attached hydrogen (secondary N) is 1. The SMILES string of the molecule is FSc1ncccc1OCC1CCN1. The van der Waals surface area contributed by atoms with Crippen LogP contribution in [-0.4, -0.2) is 24.2 Å². The molecule has 0 aliphatic carbocycles. The summed E-state index contributed by atoms with van der Waals surface area (Å²) in [5, 5.41) is 3.51. The van der Waals surface area contributed by atoms with E-state index in [2.05, 4.69) is 10.3 Å². The van der Waals surface area contributed by atoms with Gasteiger partial charge in [0.2, 0.25) is 0 Å². The van der Waals surface area contributed by atoms with Crippen LogP contribution < -0.4 is 10.1 Å². The first-order valence-electron chi connectivity index (χ1n) is 4.50. The second kappa shape index (κ2) is 4.61. The number of nitrogens with zero attached hydrogens (tertiary/aromatic N) is 1. The second-order valence-corrected chi connectivity index (χ2v) is 3.68. The Morgan fingerprint density at radius 1 is 1.71 bits per heavy atom. The Bertz CT molecular complexity index is 307. The summed E-state index contributed by atoms with van der Waals surface area (Å²) < 4.78 is 17.8. The number of rotatable bonds is 4. The molecule has 1 atom stereocenters. The van der Waals surface area contributed by atoms with Gasteiger partial charge in [0.15, 0.2) is 10.8 Å². The Hall–Kier alpha value is -0.810. The van der Waals surface area contributed by atoms with Crippen LogP contribution in [0.15, 0.2) is 23.4 Å². The van der Waals surface area contributed by atoms with E-state index in [0.29, 0.717) is 23.4 Å². The highest BCUT2D eigenvalue weighted by atomic mass is 32.2. The predicted molar refractivity (Wildman–Crippen MR) is 53.1 cm³/mol. The highest BCUT2D eigenvalue weighted by Crippen LogP contribution is 2.27. The molecule has 1 fully saturated rings. The van der Waals surface area contributed by atoms with Gasteiger partial charge < -0.3 is 10.1 Å². The molecule has 1 aromatic rings. The molecule has 0 spiro atoms. The first kappa shape index (κ1) is 9.73. The first-order chi connectivity index (χ1) is 6.90. The second-order valence-electron chi connectivity index (χ2n) is 3.13. The van der Waals surface area contributed by atoms with Crippen molar-refractivity contribution >= 4 is 12.1 Å². The van der Waals surface area contributed by atoms with Crippen molar-refractivity contribution in [1.29, 1.82) is 0 Å². The van der Waals surface area contributed by atoms with Gasteiger partial charge in [-0.2, -0.15) is 3.89 Å². The number of ether oxygens (including phenoxy) is 1. The molecule has 1 aromatic heterocycles. The van der Waals surface area contributed by atoms with Crippen LogP contribution in [-0.2, 0) is 0 Å². The van der Waals surface area contributed by atoms with E-state index in [4.69, 9.17) is 4.74 Å². The van der Waals surface area contributed by atoms with Gasteiger partial charge in [0, 0.05) is 12.2 Å². The lowest BCUT2D eigenvalue weighted by Gasteiger charge is -2.27. The van der Waals surface area contributed by atoms with Gasteiger partial charge >= 0.3 is 0 Å². The third-order valence-corrected chi connectivity index (χ3v) is 2.63. The molecule has 1 aliphatic heterocycles. The zero-order chi connectivity index (χ0) is 9.80. The van der Waals surface area contributed by atoms with Crippen LogP contribution in [0.1, 0.15) is 6.42 Å². The van der Waals surface area contributed by atoms with E-state index in [0.717, 1.165) is 13.0 Å². The normalized spacial score (nSPS) is 20.2. The highest BCUT2D eigenvalue weighted by molar-refractivity contribution is 7.94. The topological polar surface area (TPSA) is 34.1 Å². The zero-order valence-electron chi connectivity index (χ0n) is 7.57. The first-order valence-corrected chi connectivity index (χ1v) is 5.21. The molecule has 1 N–H and O–H groups in total. The van der Waals surface area contributed by atoms with Crippen LogP contribution in [0.25, 0.3) is 0 Å². The Kier molecular flexibility index (Phi) is 3.21. The molecule has 76 valence electrons. The van der Waals surface area contributed by atoms with Crippen molar-refractivity contribution < 1.29 is 8.62 Å². The van der Waals surface area contributed by atoms with Crippen molar-refractivity contribution in [2.75, 3.05) is 13.2 Å². The third kappa shape index (κ3) is 2.16. The molecule has 5 heteroatoms. The van der Waals surface area contributed by atoms with E-state index in [1.54, 1.807) is 18.3 Å². The summed E-state index contributed by atoms with van der Waals surface area (Å²) in [6, 6.07) is 3.88. The molecule has 1 saturated heterocycles. The molecule has 3 nitrogen and oxygen atoms in total. The van der Waals surface area contributed by atoms with Crippen molar-refractivity contribution in [2.45, 2.75) is 17.5 Å². The van der Waals surface area contributed by atoms with Gasteiger partial charge in [0.25, 0.3) is 0 Å². The average Bonchev–Trinajstić information content (AvgIpc) is 2.16. The number of aromatic nitrogens is 1. The van der Waals surface area contributed by atoms with Crippen molar-refractivity contribution in [3.05, 3.63) is 18.3 Å². The molecule has 0 aromatic carbocycles. The summed E-state index contributed by atoms with van der Waals surface area (Å²) in [5.74, 6) is 0.522. The molecule has 2 heterocycles. The lowest BCUT2D eigenvalue weighted by atomic mass is 10.1. The Balaban J connectivity index is 1.93. The van der Waals surface area contributed by atoms with E-state index in [1.165, 1.54) is 0 Å². The number of hydrogen-bond donors (Lipinski definition) is 1. The van der Waals surface area contributed by atoms with Crippen LogP contribution in [0.3, 0.4) is 0 Å². The monoisotopic (exact) mass is 214 g/mol. The van der Waals surface area contributed by atoms with Crippen molar-refractivity contribution in [3.8, 4) is 5.75 Å². The minimum absolute atomic E-state index is 0.116. The molecule has 0 amide bonds. The number of halogens is 1. The minimum atomic E-state index is 0.116. The van der Waals surface area contributed by atoms with Crippen molar-refractivity contribution in [3.63, 3.8) is 0 Å². The van der Waals surface area contributed by atoms with E-state index >= 15 is 0 Å². The van der Waals surface area contributed by atoms with Crippen molar-refractivity contribution in [2.24, 2.45) is 0 Å². The molecule has 2 rings (SSSR count). The van der Waals surface area contributed by atoms with E-state index in [1.807, 2.05) is 0 Å². The van der Waals surface area contributed by atoms with E-state index in [9.17, 15) is 3.89 Å². The summed E-state index contributed by atoms with van der Waals surface area (Å²) in [5.41, 5.74) is 0. The summed E-state index contributed by atoms with van der Waals surface area (Å²) in [6.45, 7) is 1.63. The van der Waals surface area contributed by atoms with Gasteiger partial charge in [-0.15, -0.1) is 0 Å². The largest absolute Gasteiger partial charge is 0.489 e. The summed E-state index contributed by atoms with van der Waals surface area (Å²) in [4.78, 5) is 3.86. The Morgan fingerprint density at radius 2 is 2.57 bits per heavy atom. The van der Waals surface area contributed by atoms with Gasteiger partial charge in [-0.25, -0.2) is 4.98 Å². The molecular weight excluding hydrogens is 203 g/mol. The summed E-state index contributed by atoms with van der Waals surface area (Å²) in [6.07, 6.45) is 2.68. The third-order valence-electron chi connectivity index (χ3n) is 2.18. The summed E-state index contributed by atoms with van der Waals surface area (Å²) >= 11 is 0.116. The Labute approximate surface area is 86.4 Å². The maximum absolute atomic E-state index is 12.4. The molecular formula is C9H11FN2OS. The molecule has 0 bridgehead atoms. The fourth-order valence-corrected chi connectivity index (χ4v) is 1.53. The molecule has 1 aliphatic rings. The van der Waals surface area contributed by atoms with Gasteiger partial charge in [-0.1, -0.05) is 0 Å². The molecule has 14 heavy (non-hydrogen) atoms. The van der Waals surface area contributed by atoms with Crippen LogP contribution in [0, 0.1) is 0 Å². The van der Waals surface area contributed by atoms with Gasteiger partial charge in [0.1, 0.15) is 18.8 Å². The number of hydrogen-bond acceptors (Lipinski definition) is 4. The van der Waals surface area contributed by atoms with Gasteiger partial charge in [-0.3, -0.25) is 0 Å². The average molecular weight is 214 g/mol. The van der Waals surface area contributed by atoms with Crippen LogP contribution in [0.2, 0.25) is 0 Å². The quantitative estimate of drug-likeness (QED) is 0.828. The van der Waals surface area contributed by atoms with Crippen molar-refractivity contribution in [1.82, 2.24) is 10.3 Å². The number of pyridine rings is 1. The zero-order valence-corrected chi connectivity index (χ0v) is 8.39. The predicted octanol–water partition coefficient (Wildman–Crippen LogP) is 1.80. The molecule has 1 unspecified atom stereocenters. The fourth-order valence-electron chi connectivity index (χ4n) is 1.22. The lowest BCUT2D eigenvalue weighted by molar-refractivity contribution is 0.212. The molecule has 0 saturated carbocycles. The lowest BCUT2D eigenvalue weighted by Crippen LogP contribution is -2.46. The maximum atomic E-state index is 12.4.